The van der Waals surface area contributed by atoms with E-state index in [9.17, 15) is 37.1 Å². The van der Waals surface area contributed by atoms with Gasteiger partial charge in [0.25, 0.3) is 5.91 Å². The predicted octanol–water partition coefficient (Wildman–Crippen LogP) is 4.44. The van der Waals surface area contributed by atoms with Gasteiger partial charge in [0, 0.05) is 22.7 Å². The molecule has 0 bridgehead atoms. The van der Waals surface area contributed by atoms with E-state index in [4.69, 9.17) is 26.8 Å². The highest BCUT2D eigenvalue weighted by molar-refractivity contribution is 6.31. The van der Waals surface area contributed by atoms with Gasteiger partial charge in [-0.3, -0.25) is 9.59 Å². The third-order valence-electron chi connectivity index (χ3n) is 6.92. The van der Waals surface area contributed by atoms with Crippen molar-refractivity contribution in [2.75, 3.05) is 25.6 Å². The van der Waals surface area contributed by atoms with Gasteiger partial charge in [0.1, 0.15) is 23.0 Å². The minimum absolute atomic E-state index is 0.00470. The topological polar surface area (TPSA) is 165 Å². The molecule has 4 amide bonds. The molecule has 16 heteroatoms. The maximum absolute atomic E-state index is 14.6. The van der Waals surface area contributed by atoms with Crippen LogP contribution in [-0.2, 0) is 16.8 Å². The normalized spacial score (nSPS) is 14.2. The Balaban J connectivity index is 1.72. The van der Waals surface area contributed by atoms with Gasteiger partial charge in [-0.15, -0.1) is 0 Å². The molecule has 1 atom stereocenters. The summed E-state index contributed by atoms with van der Waals surface area (Å²) in [6, 6.07) is 7.28. The molecule has 1 aliphatic carbocycles. The van der Waals surface area contributed by atoms with Crippen LogP contribution in [0.1, 0.15) is 41.4 Å². The van der Waals surface area contributed by atoms with E-state index < -0.39 is 54.1 Å². The summed E-state index contributed by atoms with van der Waals surface area (Å²) in [4.78, 5) is 41.3. The summed E-state index contributed by atoms with van der Waals surface area (Å²) in [5.74, 6) is -2.73. The summed E-state index contributed by atoms with van der Waals surface area (Å²) >= 11 is 5.92. The molecule has 1 heterocycles. The number of ether oxygens (including phenoxy) is 2. The van der Waals surface area contributed by atoms with Crippen LogP contribution in [0.3, 0.4) is 0 Å². The number of nitrogens with two attached hydrogens (primary N) is 1. The Kier molecular flexibility index (Phi) is 10.3. The number of anilines is 1. The summed E-state index contributed by atoms with van der Waals surface area (Å²) < 4.78 is 68.7. The molecule has 11 nitrogen and oxygen atoms in total. The number of nitrogens with zero attached hydrogens (tertiary/aromatic N) is 1. The van der Waals surface area contributed by atoms with Gasteiger partial charge < -0.3 is 36.3 Å². The van der Waals surface area contributed by atoms with Crippen LogP contribution in [0.4, 0.5) is 28.0 Å². The smallest absolute Gasteiger partial charge is 0.424 e. The van der Waals surface area contributed by atoms with Gasteiger partial charge >= 0.3 is 12.2 Å². The number of carbonyl (C=O) groups excluding carboxylic acids is 3. The Morgan fingerprint density at radius 3 is 2.43 bits per heavy atom. The van der Waals surface area contributed by atoms with Crippen LogP contribution in [0.2, 0.25) is 5.02 Å². The van der Waals surface area contributed by atoms with E-state index in [2.05, 4.69) is 20.9 Å². The molecule has 1 saturated carbocycles. The lowest BCUT2D eigenvalue weighted by atomic mass is 9.93. The summed E-state index contributed by atoms with van der Waals surface area (Å²) in [6.45, 7) is 0.146. The molecule has 46 heavy (non-hydrogen) atoms. The second-order valence-corrected chi connectivity index (χ2v) is 10.8. The van der Waals surface area contributed by atoms with Gasteiger partial charge in [-0.2, -0.15) is 13.2 Å². The molecule has 246 valence electrons. The number of hydrogen-bond acceptors (Lipinski definition) is 7. The van der Waals surface area contributed by atoms with Crippen molar-refractivity contribution in [2.24, 2.45) is 5.73 Å². The highest BCUT2D eigenvalue weighted by atomic mass is 35.5. The number of aromatic nitrogens is 1. The van der Waals surface area contributed by atoms with Crippen LogP contribution in [-0.4, -0.2) is 60.4 Å². The Hall–Kier alpha value is -4.63. The van der Waals surface area contributed by atoms with Crippen LogP contribution in [0.5, 0.6) is 11.5 Å². The molecule has 0 saturated heterocycles. The Bertz CT molecular complexity index is 1650. The highest BCUT2D eigenvalue weighted by Crippen LogP contribution is 2.42. The second kappa shape index (κ2) is 13.8. The Morgan fingerprint density at radius 1 is 1.13 bits per heavy atom. The maximum atomic E-state index is 14.6. The molecule has 1 aliphatic rings. The Labute approximate surface area is 265 Å². The third kappa shape index (κ3) is 7.77. The number of hydrogen-bond donors (Lipinski definition) is 5. The van der Waals surface area contributed by atoms with Crippen LogP contribution >= 0.6 is 11.6 Å². The van der Waals surface area contributed by atoms with Crippen LogP contribution in [0.25, 0.3) is 11.3 Å². The first-order valence-electron chi connectivity index (χ1n) is 13.9. The lowest BCUT2D eigenvalue weighted by Gasteiger charge is -2.31. The van der Waals surface area contributed by atoms with Gasteiger partial charge in [0.15, 0.2) is 0 Å². The first-order valence-corrected chi connectivity index (χ1v) is 14.3. The quantitative estimate of drug-likeness (QED) is 0.178. The van der Waals surface area contributed by atoms with E-state index in [-0.39, 0.29) is 57.2 Å². The minimum atomic E-state index is -5.42. The largest absolute Gasteiger partial charge is 0.495 e. The monoisotopic (exact) mass is 667 g/mol. The molecule has 4 rings (SSSR count). The summed E-state index contributed by atoms with van der Waals surface area (Å²) in [7, 11) is 1.33. The van der Waals surface area contributed by atoms with Crippen molar-refractivity contribution in [3.63, 3.8) is 0 Å². The average Bonchev–Trinajstić information content (AvgIpc) is 3.80. The van der Waals surface area contributed by atoms with E-state index in [0.29, 0.717) is 0 Å². The summed E-state index contributed by atoms with van der Waals surface area (Å²) in [6.07, 6.45) is -4.39. The van der Waals surface area contributed by atoms with Gasteiger partial charge in [0.05, 0.1) is 43.1 Å². The number of methoxy groups -OCH3 is 1. The fraction of sp³-hybridized carbons (Fsp3) is 0.333. The molecule has 1 fully saturated rings. The number of primary amides is 1. The molecule has 0 spiro atoms. The van der Waals surface area contributed by atoms with Gasteiger partial charge in [-0.05, 0) is 62.2 Å². The van der Waals surface area contributed by atoms with Crippen molar-refractivity contribution in [3.05, 3.63) is 70.1 Å². The highest BCUT2D eigenvalue weighted by Gasteiger charge is 2.56. The molecule has 0 aliphatic heterocycles. The Morgan fingerprint density at radius 2 is 1.85 bits per heavy atom. The SMILES string of the molecule is CCOc1c(CC(N)=O)cc([C@@](O)(CNC(=O)c2ccc(OC)c(NC(=O)NC3CC3)c2)C(F)(F)F)nc1-c1ccc(F)c(Cl)c1. The lowest BCUT2D eigenvalue weighted by Crippen LogP contribution is -2.51. The van der Waals surface area contributed by atoms with Crippen molar-refractivity contribution >= 4 is 35.1 Å². The van der Waals surface area contributed by atoms with Crippen LogP contribution in [0.15, 0.2) is 42.5 Å². The maximum Gasteiger partial charge on any atom is 0.424 e. The van der Waals surface area contributed by atoms with E-state index in [0.717, 1.165) is 31.0 Å². The molecule has 2 aromatic carbocycles. The molecular weight excluding hydrogens is 638 g/mol. The third-order valence-corrected chi connectivity index (χ3v) is 7.21. The van der Waals surface area contributed by atoms with E-state index in [1.807, 2.05) is 0 Å². The van der Waals surface area contributed by atoms with Crippen molar-refractivity contribution in [3.8, 4) is 22.8 Å². The fourth-order valence-electron chi connectivity index (χ4n) is 4.43. The number of carbonyl (C=O) groups is 3. The van der Waals surface area contributed by atoms with Gasteiger partial charge in [-0.1, -0.05) is 11.6 Å². The first kappa shape index (κ1) is 34.2. The van der Waals surface area contributed by atoms with Crippen molar-refractivity contribution in [2.45, 2.75) is 44.0 Å². The average molecular weight is 668 g/mol. The number of halogens is 5. The molecule has 1 aromatic heterocycles. The van der Waals surface area contributed by atoms with Crippen molar-refractivity contribution < 1.29 is 46.5 Å². The fourth-order valence-corrected chi connectivity index (χ4v) is 4.61. The number of rotatable bonds is 12. The molecule has 6 N–H and O–H groups in total. The molecule has 3 aromatic rings. The zero-order valence-corrected chi connectivity index (χ0v) is 25.3. The molecule has 0 unspecified atom stereocenters. The predicted molar refractivity (Wildman–Crippen MR) is 159 cm³/mol. The number of urea groups is 1. The zero-order valence-electron chi connectivity index (χ0n) is 24.6. The van der Waals surface area contributed by atoms with E-state index >= 15 is 0 Å². The van der Waals surface area contributed by atoms with Crippen LogP contribution < -0.4 is 31.2 Å². The van der Waals surface area contributed by atoms with Gasteiger partial charge in [0.2, 0.25) is 11.5 Å². The van der Waals surface area contributed by atoms with Gasteiger partial charge in [-0.25, -0.2) is 14.2 Å². The number of pyridine rings is 1. The number of nitrogens with one attached hydrogen (secondary N) is 3. The summed E-state index contributed by atoms with van der Waals surface area (Å²) in [5.41, 5.74) is 0.0153. The minimum Gasteiger partial charge on any atom is -0.495 e. The lowest BCUT2D eigenvalue weighted by molar-refractivity contribution is -0.265. The van der Waals surface area contributed by atoms with Crippen molar-refractivity contribution in [1.29, 1.82) is 0 Å². The zero-order chi connectivity index (χ0) is 33.8. The standard InChI is InChI=1S/C30H30ClF4N5O6/c1-3-46-26-17(13-24(36)41)12-23(40-25(26)15-4-8-20(32)19(31)10-15)29(44,30(33,34)35)14-37-27(42)16-5-9-22(45-2)21(11-16)39-28(43)38-18-6-7-18/h4-5,8-12,18,44H,3,6-7,13-14H2,1-2H3,(H2,36,41)(H,37,42)(H2,38,39,43)/t29-/m0/s1. The van der Waals surface area contributed by atoms with Crippen molar-refractivity contribution in [1.82, 2.24) is 15.6 Å². The number of aliphatic hydroxyl groups is 1. The molecule has 0 radical (unpaired) electrons. The number of benzene rings is 2. The van der Waals surface area contributed by atoms with E-state index in [1.165, 1.54) is 31.4 Å². The number of alkyl halides is 3. The first-order chi connectivity index (χ1) is 21.7. The second-order valence-electron chi connectivity index (χ2n) is 10.4. The number of amides is 4. The van der Waals surface area contributed by atoms with E-state index in [1.54, 1.807) is 6.92 Å². The summed E-state index contributed by atoms with van der Waals surface area (Å²) in [5, 5.41) is 18.1. The molecular formula is C30H30ClF4N5O6. The van der Waals surface area contributed by atoms with Crippen LogP contribution in [0, 0.1) is 5.82 Å².